The minimum atomic E-state index is -0.544. The van der Waals surface area contributed by atoms with E-state index in [0.717, 1.165) is 12.0 Å². The molecule has 3 rings (SSSR count). The van der Waals surface area contributed by atoms with Gasteiger partial charge in [-0.15, -0.1) is 0 Å². The molecule has 2 amide bonds. The summed E-state index contributed by atoms with van der Waals surface area (Å²) in [6.45, 7) is 6.00. The zero-order valence-corrected chi connectivity index (χ0v) is 17.6. The first-order chi connectivity index (χ1) is 14.5. The second-order valence-corrected chi connectivity index (χ2v) is 6.87. The Labute approximate surface area is 180 Å². The monoisotopic (exact) mass is 422 g/mol. The minimum absolute atomic E-state index is 0.0232. The van der Waals surface area contributed by atoms with E-state index in [2.05, 4.69) is 18.8 Å². The molecule has 2 aromatic rings. The quantitative estimate of drug-likeness (QED) is 0.319. The topological polar surface area (TPSA) is 67.9 Å². The van der Waals surface area contributed by atoms with Crippen molar-refractivity contribution in [2.24, 2.45) is 0 Å². The maximum Gasteiger partial charge on any atom is 0.270 e. The number of rotatable bonds is 7. The van der Waals surface area contributed by atoms with Crippen molar-refractivity contribution in [3.8, 4) is 11.5 Å². The van der Waals surface area contributed by atoms with Crippen molar-refractivity contribution in [1.29, 1.82) is 0 Å². The summed E-state index contributed by atoms with van der Waals surface area (Å²) >= 11 is 5.24. The predicted molar refractivity (Wildman–Crippen MR) is 121 cm³/mol. The first kappa shape index (κ1) is 21.3. The number of nitrogens with one attached hydrogen (secondary N) is 1. The van der Waals surface area contributed by atoms with E-state index in [1.165, 1.54) is 18.1 Å². The lowest BCUT2D eigenvalue weighted by Gasteiger charge is -2.29. The van der Waals surface area contributed by atoms with Crippen molar-refractivity contribution in [3.63, 3.8) is 0 Å². The average Bonchev–Trinajstić information content (AvgIpc) is 2.75. The fourth-order valence-electron chi connectivity index (χ4n) is 2.98. The van der Waals surface area contributed by atoms with E-state index < -0.39 is 11.8 Å². The largest absolute Gasteiger partial charge is 0.493 e. The highest BCUT2D eigenvalue weighted by Gasteiger charge is 2.34. The molecule has 1 fully saturated rings. The molecule has 30 heavy (non-hydrogen) atoms. The summed E-state index contributed by atoms with van der Waals surface area (Å²) in [6.07, 6.45) is 4.02. The Hall–Kier alpha value is -3.45. The van der Waals surface area contributed by atoms with Crippen molar-refractivity contribution < 1.29 is 19.1 Å². The lowest BCUT2D eigenvalue weighted by Crippen LogP contribution is -2.54. The molecule has 0 spiro atoms. The molecular formula is C23H22N2O4S. The van der Waals surface area contributed by atoms with Gasteiger partial charge in [0.15, 0.2) is 16.6 Å². The molecule has 1 aliphatic rings. The van der Waals surface area contributed by atoms with E-state index in [1.54, 1.807) is 24.3 Å². The predicted octanol–water partition coefficient (Wildman–Crippen LogP) is 3.65. The standard InChI is InChI=1S/C23H22N2O4S/c1-4-12-29-19-11-8-16(14-20(19)28-3)13-18-21(26)24-23(30)25(22(18)27)17-9-6-15(5-2)7-10-17/h4,6-11,13-14H,1,5,12H2,2-3H3,(H,24,26,30). The van der Waals surface area contributed by atoms with Gasteiger partial charge in [-0.05, 0) is 60.1 Å². The van der Waals surface area contributed by atoms with Gasteiger partial charge in [0, 0.05) is 0 Å². The number of benzene rings is 2. The number of carbonyl (C=O) groups is 2. The Morgan fingerprint density at radius 3 is 2.50 bits per heavy atom. The average molecular weight is 423 g/mol. The van der Waals surface area contributed by atoms with Crippen LogP contribution < -0.4 is 19.7 Å². The number of aryl methyl sites for hydroxylation is 1. The van der Waals surface area contributed by atoms with Gasteiger partial charge < -0.3 is 9.47 Å². The van der Waals surface area contributed by atoms with Gasteiger partial charge in [0.25, 0.3) is 11.8 Å². The van der Waals surface area contributed by atoms with Crippen LogP contribution in [0.25, 0.3) is 6.08 Å². The Kier molecular flexibility index (Phi) is 6.64. The molecule has 0 aromatic heterocycles. The van der Waals surface area contributed by atoms with Crippen LogP contribution in [0.4, 0.5) is 5.69 Å². The first-order valence-corrected chi connectivity index (χ1v) is 9.81. The Morgan fingerprint density at radius 1 is 1.13 bits per heavy atom. The zero-order valence-electron chi connectivity index (χ0n) is 16.8. The van der Waals surface area contributed by atoms with Crippen molar-refractivity contribution in [1.82, 2.24) is 5.32 Å². The molecule has 154 valence electrons. The van der Waals surface area contributed by atoms with Crippen molar-refractivity contribution in [2.75, 3.05) is 18.6 Å². The summed E-state index contributed by atoms with van der Waals surface area (Å²) in [4.78, 5) is 26.9. The first-order valence-electron chi connectivity index (χ1n) is 9.40. The summed E-state index contributed by atoms with van der Waals surface area (Å²) in [6, 6.07) is 12.6. The smallest absolute Gasteiger partial charge is 0.270 e. The van der Waals surface area contributed by atoms with Gasteiger partial charge in [-0.25, -0.2) is 0 Å². The Balaban J connectivity index is 1.94. The number of methoxy groups -OCH3 is 1. The highest BCUT2D eigenvalue weighted by Crippen LogP contribution is 2.30. The zero-order chi connectivity index (χ0) is 21.7. The van der Waals surface area contributed by atoms with Gasteiger partial charge in [-0.3, -0.25) is 19.8 Å². The fraction of sp³-hybridized carbons (Fsp3) is 0.174. The molecule has 0 bridgehead atoms. The third kappa shape index (κ3) is 4.41. The van der Waals surface area contributed by atoms with Crippen LogP contribution in [0.1, 0.15) is 18.1 Å². The number of hydrogen-bond acceptors (Lipinski definition) is 5. The summed E-state index contributed by atoms with van der Waals surface area (Å²) < 4.78 is 10.9. The molecular weight excluding hydrogens is 400 g/mol. The number of hydrogen-bond donors (Lipinski definition) is 1. The molecule has 0 aliphatic carbocycles. The number of nitrogens with zero attached hydrogens (tertiary/aromatic N) is 1. The third-order valence-corrected chi connectivity index (χ3v) is 4.84. The van der Waals surface area contributed by atoms with E-state index >= 15 is 0 Å². The molecule has 0 unspecified atom stereocenters. The third-order valence-electron chi connectivity index (χ3n) is 4.56. The minimum Gasteiger partial charge on any atom is -0.493 e. The molecule has 1 heterocycles. The van der Waals surface area contributed by atoms with E-state index in [1.807, 2.05) is 24.3 Å². The Bertz CT molecular complexity index is 1030. The van der Waals surface area contributed by atoms with Crippen LogP contribution in [0.2, 0.25) is 0 Å². The number of thiocarbonyl (C=S) groups is 1. The number of ether oxygens (including phenoxy) is 2. The van der Waals surface area contributed by atoms with Crippen molar-refractivity contribution in [2.45, 2.75) is 13.3 Å². The molecule has 1 N–H and O–H groups in total. The summed E-state index contributed by atoms with van der Waals surface area (Å²) in [5.41, 5.74) is 2.33. The fourth-order valence-corrected chi connectivity index (χ4v) is 3.26. The molecule has 1 saturated heterocycles. The summed E-state index contributed by atoms with van der Waals surface area (Å²) in [5, 5.41) is 2.64. The van der Waals surface area contributed by atoms with Gasteiger partial charge in [-0.1, -0.05) is 37.8 Å². The lowest BCUT2D eigenvalue weighted by molar-refractivity contribution is -0.122. The van der Waals surface area contributed by atoms with Gasteiger partial charge in [0.2, 0.25) is 0 Å². The van der Waals surface area contributed by atoms with E-state index in [9.17, 15) is 9.59 Å². The van der Waals surface area contributed by atoms with Crippen molar-refractivity contribution >= 4 is 40.9 Å². The van der Waals surface area contributed by atoms with Crippen LogP contribution in [0.15, 0.2) is 60.7 Å². The summed E-state index contributed by atoms with van der Waals surface area (Å²) in [7, 11) is 1.52. The number of anilines is 1. The second kappa shape index (κ2) is 9.37. The van der Waals surface area contributed by atoms with Crippen LogP contribution in [-0.2, 0) is 16.0 Å². The number of carbonyl (C=O) groups excluding carboxylic acids is 2. The van der Waals surface area contributed by atoms with Crippen molar-refractivity contribution in [3.05, 3.63) is 71.8 Å². The van der Waals surface area contributed by atoms with E-state index in [0.29, 0.717) is 29.4 Å². The molecule has 2 aromatic carbocycles. The van der Waals surface area contributed by atoms with Crippen LogP contribution >= 0.6 is 12.2 Å². The van der Waals surface area contributed by atoms with Crippen LogP contribution in [0.3, 0.4) is 0 Å². The molecule has 0 radical (unpaired) electrons. The Morgan fingerprint density at radius 2 is 1.87 bits per heavy atom. The van der Waals surface area contributed by atoms with Gasteiger partial charge >= 0.3 is 0 Å². The molecule has 6 nitrogen and oxygen atoms in total. The van der Waals surface area contributed by atoms with Gasteiger partial charge in [0.05, 0.1) is 12.8 Å². The van der Waals surface area contributed by atoms with Crippen LogP contribution in [-0.4, -0.2) is 30.6 Å². The SMILES string of the molecule is C=CCOc1ccc(C=C2C(=O)NC(=S)N(c3ccc(CC)cc3)C2=O)cc1OC. The van der Waals surface area contributed by atoms with Crippen LogP contribution in [0, 0.1) is 0 Å². The van der Waals surface area contributed by atoms with Crippen LogP contribution in [0.5, 0.6) is 11.5 Å². The van der Waals surface area contributed by atoms with E-state index in [-0.39, 0.29) is 10.7 Å². The molecule has 0 atom stereocenters. The maximum atomic E-state index is 13.1. The second-order valence-electron chi connectivity index (χ2n) is 6.49. The highest BCUT2D eigenvalue weighted by atomic mass is 32.1. The van der Waals surface area contributed by atoms with Gasteiger partial charge in [-0.2, -0.15) is 0 Å². The normalized spacial score (nSPS) is 15.2. The highest BCUT2D eigenvalue weighted by molar-refractivity contribution is 7.80. The molecule has 1 aliphatic heterocycles. The molecule has 7 heteroatoms. The maximum absolute atomic E-state index is 13.1. The number of amides is 2. The van der Waals surface area contributed by atoms with E-state index in [4.69, 9.17) is 21.7 Å². The molecule has 0 saturated carbocycles. The summed E-state index contributed by atoms with van der Waals surface area (Å²) in [5.74, 6) is -0.00785. The lowest BCUT2D eigenvalue weighted by atomic mass is 10.1. The van der Waals surface area contributed by atoms with Gasteiger partial charge in [0.1, 0.15) is 12.2 Å².